The molecule has 2 aromatic heterocycles. The van der Waals surface area contributed by atoms with Crippen molar-refractivity contribution in [2.24, 2.45) is 0 Å². The van der Waals surface area contributed by atoms with Crippen LogP contribution in [0.25, 0.3) is 11.0 Å². The third-order valence-corrected chi connectivity index (χ3v) is 7.44. The molecule has 1 amide bonds. The van der Waals surface area contributed by atoms with Crippen molar-refractivity contribution in [3.8, 4) is 0 Å². The van der Waals surface area contributed by atoms with Gasteiger partial charge in [0, 0.05) is 33.9 Å². The van der Waals surface area contributed by atoms with Crippen molar-refractivity contribution in [1.82, 2.24) is 15.5 Å². The minimum absolute atomic E-state index is 0.181. The lowest BCUT2D eigenvalue weighted by molar-refractivity contribution is 0.0929. The minimum Gasteiger partial charge on any atom is -0.451 e. The van der Waals surface area contributed by atoms with Gasteiger partial charge in [0.2, 0.25) is 0 Å². The SMILES string of the molecule is Cc1ccc(SCCNC(=O)c2oc3ccccc3c2CSc2nnc(C)s2)cc1. The van der Waals surface area contributed by atoms with Gasteiger partial charge in [-0.05, 0) is 32.0 Å². The number of carbonyl (C=O) groups excluding carboxylic acids is 1. The van der Waals surface area contributed by atoms with E-state index in [2.05, 4.69) is 46.7 Å². The molecule has 0 aliphatic rings. The number of rotatable bonds is 8. The van der Waals surface area contributed by atoms with E-state index < -0.39 is 0 Å². The Kier molecular flexibility index (Phi) is 6.76. The number of benzene rings is 2. The fourth-order valence-corrected chi connectivity index (χ4v) is 5.56. The highest BCUT2D eigenvalue weighted by Gasteiger charge is 2.20. The summed E-state index contributed by atoms with van der Waals surface area (Å²) in [5, 5.41) is 13.1. The predicted octanol–water partition coefficient (Wildman–Crippen LogP) is 5.72. The maximum absolute atomic E-state index is 12.9. The fourth-order valence-electron chi connectivity index (χ4n) is 2.94. The van der Waals surface area contributed by atoms with E-state index in [1.807, 2.05) is 31.2 Å². The summed E-state index contributed by atoms with van der Waals surface area (Å²) in [6.45, 7) is 4.57. The molecule has 30 heavy (non-hydrogen) atoms. The lowest BCUT2D eigenvalue weighted by Gasteiger charge is -2.06. The summed E-state index contributed by atoms with van der Waals surface area (Å²) < 4.78 is 6.81. The average molecular weight is 456 g/mol. The van der Waals surface area contributed by atoms with E-state index in [4.69, 9.17) is 4.42 Å². The molecular weight excluding hydrogens is 434 g/mol. The zero-order chi connectivity index (χ0) is 20.9. The van der Waals surface area contributed by atoms with Gasteiger partial charge >= 0.3 is 0 Å². The number of hydrogen-bond donors (Lipinski definition) is 1. The molecule has 1 N–H and O–H groups in total. The molecule has 8 heteroatoms. The van der Waals surface area contributed by atoms with Crippen molar-refractivity contribution in [3.63, 3.8) is 0 Å². The summed E-state index contributed by atoms with van der Waals surface area (Å²) in [6, 6.07) is 16.2. The second-order valence-electron chi connectivity index (χ2n) is 6.70. The highest BCUT2D eigenvalue weighted by atomic mass is 32.2. The lowest BCUT2D eigenvalue weighted by Crippen LogP contribution is -2.26. The molecule has 0 aliphatic heterocycles. The molecule has 0 saturated heterocycles. The number of nitrogens with one attached hydrogen (secondary N) is 1. The van der Waals surface area contributed by atoms with Crippen LogP contribution >= 0.6 is 34.9 Å². The fraction of sp³-hybridized carbons (Fsp3) is 0.227. The smallest absolute Gasteiger partial charge is 0.287 e. The number of fused-ring (bicyclic) bond motifs is 1. The number of hydrogen-bond acceptors (Lipinski definition) is 7. The second kappa shape index (κ2) is 9.68. The van der Waals surface area contributed by atoms with E-state index in [0.717, 1.165) is 31.6 Å². The number of aryl methyl sites for hydroxylation is 2. The van der Waals surface area contributed by atoms with Gasteiger partial charge in [0.1, 0.15) is 10.6 Å². The zero-order valence-corrected chi connectivity index (χ0v) is 19.1. The highest BCUT2D eigenvalue weighted by Crippen LogP contribution is 2.33. The molecule has 5 nitrogen and oxygen atoms in total. The van der Waals surface area contributed by atoms with Crippen LogP contribution < -0.4 is 5.32 Å². The number of nitrogens with zero attached hydrogens (tertiary/aromatic N) is 2. The van der Waals surface area contributed by atoms with Crippen LogP contribution in [0.2, 0.25) is 0 Å². The van der Waals surface area contributed by atoms with E-state index in [1.165, 1.54) is 10.5 Å². The molecule has 4 aromatic rings. The molecule has 0 aliphatic carbocycles. The van der Waals surface area contributed by atoms with Gasteiger partial charge in [0.05, 0.1) is 0 Å². The summed E-state index contributed by atoms with van der Waals surface area (Å²) in [6.07, 6.45) is 0. The molecule has 2 heterocycles. The van der Waals surface area contributed by atoms with Crippen molar-refractivity contribution < 1.29 is 9.21 Å². The molecule has 0 atom stereocenters. The van der Waals surface area contributed by atoms with E-state index >= 15 is 0 Å². The van der Waals surface area contributed by atoms with Gasteiger partial charge < -0.3 is 9.73 Å². The molecule has 4 rings (SSSR count). The first kappa shape index (κ1) is 21.0. The second-order valence-corrected chi connectivity index (χ2v) is 10.3. The topological polar surface area (TPSA) is 68.0 Å². The van der Waals surface area contributed by atoms with E-state index in [9.17, 15) is 4.79 Å². The minimum atomic E-state index is -0.181. The summed E-state index contributed by atoms with van der Waals surface area (Å²) in [5.74, 6) is 1.60. The number of furan rings is 1. The van der Waals surface area contributed by atoms with Crippen molar-refractivity contribution in [1.29, 1.82) is 0 Å². The van der Waals surface area contributed by atoms with E-state index in [-0.39, 0.29) is 5.91 Å². The van der Waals surface area contributed by atoms with Crippen LogP contribution in [0.1, 0.15) is 26.7 Å². The van der Waals surface area contributed by atoms with Crippen LogP contribution in [0, 0.1) is 13.8 Å². The van der Waals surface area contributed by atoms with Crippen molar-refractivity contribution in [2.75, 3.05) is 12.3 Å². The van der Waals surface area contributed by atoms with Crippen LogP contribution in [-0.4, -0.2) is 28.4 Å². The van der Waals surface area contributed by atoms with Crippen LogP contribution in [-0.2, 0) is 5.75 Å². The Morgan fingerprint density at radius 2 is 1.87 bits per heavy atom. The molecule has 0 spiro atoms. The monoisotopic (exact) mass is 455 g/mol. The van der Waals surface area contributed by atoms with Crippen LogP contribution in [0.15, 0.2) is 62.2 Å². The van der Waals surface area contributed by atoms with E-state index in [1.54, 1.807) is 34.9 Å². The predicted molar refractivity (Wildman–Crippen MR) is 125 cm³/mol. The maximum atomic E-state index is 12.9. The van der Waals surface area contributed by atoms with Gasteiger partial charge in [-0.15, -0.1) is 22.0 Å². The quantitative estimate of drug-likeness (QED) is 0.271. The Morgan fingerprint density at radius 3 is 2.63 bits per heavy atom. The van der Waals surface area contributed by atoms with Crippen LogP contribution in [0.4, 0.5) is 0 Å². The number of amides is 1. The Bertz CT molecular complexity index is 1150. The van der Waals surface area contributed by atoms with Crippen molar-refractivity contribution >= 4 is 51.7 Å². The van der Waals surface area contributed by atoms with Gasteiger partial charge in [-0.3, -0.25) is 4.79 Å². The van der Waals surface area contributed by atoms with Crippen LogP contribution in [0.5, 0.6) is 0 Å². The number of carbonyl (C=O) groups is 1. The van der Waals surface area contributed by atoms with Crippen LogP contribution in [0.3, 0.4) is 0 Å². The zero-order valence-electron chi connectivity index (χ0n) is 16.7. The first-order valence-electron chi connectivity index (χ1n) is 9.51. The molecule has 154 valence electrons. The van der Waals surface area contributed by atoms with Crippen molar-refractivity contribution in [2.45, 2.75) is 28.8 Å². The molecule has 0 radical (unpaired) electrons. The number of para-hydroxylation sites is 1. The summed E-state index contributed by atoms with van der Waals surface area (Å²) in [5.41, 5.74) is 2.86. The average Bonchev–Trinajstić information content (AvgIpc) is 3.34. The number of aromatic nitrogens is 2. The molecule has 2 aromatic carbocycles. The molecular formula is C22H21N3O2S3. The van der Waals surface area contributed by atoms with Gasteiger partial charge in [-0.25, -0.2) is 0 Å². The first-order chi connectivity index (χ1) is 14.6. The summed E-state index contributed by atoms with van der Waals surface area (Å²) in [4.78, 5) is 14.1. The Hall–Kier alpha value is -2.29. The molecule has 0 saturated carbocycles. The third-order valence-electron chi connectivity index (χ3n) is 4.43. The Morgan fingerprint density at radius 1 is 1.07 bits per heavy atom. The van der Waals surface area contributed by atoms with Gasteiger partial charge in [0.15, 0.2) is 10.1 Å². The third kappa shape index (κ3) is 5.06. The van der Waals surface area contributed by atoms with Gasteiger partial charge in [0.25, 0.3) is 5.91 Å². The maximum Gasteiger partial charge on any atom is 0.287 e. The molecule has 0 unspecified atom stereocenters. The van der Waals surface area contributed by atoms with E-state index in [0.29, 0.717) is 18.1 Å². The first-order valence-corrected chi connectivity index (χ1v) is 12.3. The highest BCUT2D eigenvalue weighted by molar-refractivity contribution is 8.00. The lowest BCUT2D eigenvalue weighted by atomic mass is 10.1. The van der Waals surface area contributed by atoms with Crippen molar-refractivity contribution in [3.05, 3.63) is 70.4 Å². The largest absolute Gasteiger partial charge is 0.451 e. The Balaban J connectivity index is 1.42. The molecule has 0 fully saturated rings. The number of thioether (sulfide) groups is 2. The summed E-state index contributed by atoms with van der Waals surface area (Å²) >= 11 is 4.85. The normalized spacial score (nSPS) is 11.1. The van der Waals surface area contributed by atoms with Gasteiger partial charge in [-0.1, -0.05) is 59.0 Å². The Labute approximate surface area is 187 Å². The summed E-state index contributed by atoms with van der Waals surface area (Å²) in [7, 11) is 0. The standard InChI is InChI=1S/C22H21N3O2S3/c1-14-7-9-16(10-8-14)28-12-11-23-21(26)20-18(13-29-22-25-24-15(2)30-22)17-5-3-4-6-19(17)27-20/h3-10H,11-13H2,1-2H3,(H,23,26). The molecule has 0 bridgehead atoms. The van der Waals surface area contributed by atoms with Gasteiger partial charge in [-0.2, -0.15) is 0 Å².